The van der Waals surface area contributed by atoms with Gasteiger partial charge in [0.05, 0.1) is 36.6 Å². The number of likely N-dealkylation sites (tertiary alicyclic amines) is 1. The normalized spacial score (nSPS) is 18.1. The van der Waals surface area contributed by atoms with E-state index in [1.54, 1.807) is 19.2 Å². The summed E-state index contributed by atoms with van der Waals surface area (Å²) in [5, 5.41) is 11.3. The number of rotatable bonds is 8. The molecule has 1 aromatic heterocycles. The summed E-state index contributed by atoms with van der Waals surface area (Å²) in [5.41, 5.74) is 0.0571. The third-order valence-corrected chi connectivity index (χ3v) is 5.12. The van der Waals surface area contributed by atoms with Crippen LogP contribution in [0.15, 0.2) is 40.5 Å². The highest BCUT2D eigenvalue weighted by molar-refractivity contribution is 6.46. The van der Waals surface area contributed by atoms with E-state index in [4.69, 9.17) is 30.2 Å². The lowest BCUT2D eigenvalue weighted by atomic mass is 9.98. The SMILES string of the molecule is COCCCN1C(=O)C(=O)/C(=C(\O)c2cc(Cl)c(OC)cc2OC)C1c1ccco1. The average Bonchev–Trinajstić information content (AvgIpc) is 3.35. The smallest absolute Gasteiger partial charge is 0.295 e. The maximum atomic E-state index is 12.9. The first-order valence-electron chi connectivity index (χ1n) is 9.17. The van der Waals surface area contributed by atoms with E-state index in [1.165, 1.54) is 37.5 Å². The van der Waals surface area contributed by atoms with Gasteiger partial charge in [-0.1, -0.05) is 11.6 Å². The Bertz CT molecular complexity index is 968. The number of carbonyl (C=O) groups is 2. The number of benzene rings is 1. The summed E-state index contributed by atoms with van der Waals surface area (Å²) < 4.78 is 21.0. The first kappa shape index (κ1) is 21.7. The fraction of sp³-hybridized carbons (Fsp3) is 0.333. The predicted octanol–water partition coefficient (Wildman–Crippen LogP) is 3.41. The predicted molar refractivity (Wildman–Crippen MR) is 109 cm³/mol. The Labute approximate surface area is 178 Å². The highest BCUT2D eigenvalue weighted by Gasteiger charge is 2.47. The van der Waals surface area contributed by atoms with Crippen LogP contribution in [0, 0.1) is 0 Å². The molecule has 0 bridgehead atoms. The van der Waals surface area contributed by atoms with Crippen molar-refractivity contribution in [2.24, 2.45) is 0 Å². The number of amides is 1. The topological polar surface area (TPSA) is 98.4 Å². The van der Waals surface area contributed by atoms with Crippen LogP contribution in [0.3, 0.4) is 0 Å². The van der Waals surface area contributed by atoms with Crippen LogP contribution in [-0.4, -0.2) is 56.2 Å². The van der Waals surface area contributed by atoms with Gasteiger partial charge in [0.15, 0.2) is 0 Å². The van der Waals surface area contributed by atoms with Crippen molar-refractivity contribution in [2.75, 3.05) is 34.5 Å². The summed E-state index contributed by atoms with van der Waals surface area (Å²) >= 11 is 6.21. The Morgan fingerprint density at radius 2 is 1.93 bits per heavy atom. The van der Waals surface area contributed by atoms with Gasteiger partial charge < -0.3 is 28.6 Å². The minimum absolute atomic E-state index is 0.105. The van der Waals surface area contributed by atoms with E-state index < -0.39 is 23.5 Å². The number of halogens is 1. The Morgan fingerprint density at radius 1 is 1.20 bits per heavy atom. The molecule has 0 aliphatic carbocycles. The van der Waals surface area contributed by atoms with Gasteiger partial charge in [0.1, 0.15) is 29.1 Å². The highest BCUT2D eigenvalue weighted by Crippen LogP contribution is 2.43. The lowest BCUT2D eigenvalue weighted by Gasteiger charge is -2.23. The lowest BCUT2D eigenvalue weighted by Crippen LogP contribution is -2.31. The zero-order valence-corrected chi connectivity index (χ0v) is 17.6. The van der Waals surface area contributed by atoms with Crippen molar-refractivity contribution >= 4 is 29.1 Å². The summed E-state index contributed by atoms with van der Waals surface area (Å²) in [6.45, 7) is 0.664. The Morgan fingerprint density at radius 3 is 2.53 bits per heavy atom. The first-order chi connectivity index (χ1) is 14.4. The highest BCUT2D eigenvalue weighted by atomic mass is 35.5. The van der Waals surface area contributed by atoms with Crippen molar-refractivity contribution in [3.8, 4) is 11.5 Å². The molecule has 1 fully saturated rings. The van der Waals surface area contributed by atoms with Crippen molar-refractivity contribution in [3.63, 3.8) is 0 Å². The Hall–Kier alpha value is -2.97. The average molecular weight is 436 g/mol. The molecular formula is C21H22ClNO7. The number of aliphatic hydroxyl groups is 1. The Balaban J connectivity index is 2.16. The molecule has 1 unspecified atom stereocenters. The maximum Gasteiger partial charge on any atom is 0.295 e. The van der Waals surface area contributed by atoms with Gasteiger partial charge in [0.2, 0.25) is 0 Å². The van der Waals surface area contributed by atoms with Gasteiger partial charge in [-0.15, -0.1) is 0 Å². The lowest BCUT2D eigenvalue weighted by molar-refractivity contribution is -0.140. The van der Waals surface area contributed by atoms with E-state index in [-0.39, 0.29) is 28.5 Å². The molecule has 0 spiro atoms. The molecule has 1 atom stereocenters. The van der Waals surface area contributed by atoms with Crippen LogP contribution in [0.2, 0.25) is 5.02 Å². The van der Waals surface area contributed by atoms with E-state index in [2.05, 4.69) is 0 Å². The molecule has 2 heterocycles. The number of hydrogen-bond donors (Lipinski definition) is 1. The van der Waals surface area contributed by atoms with Crippen molar-refractivity contribution in [2.45, 2.75) is 12.5 Å². The van der Waals surface area contributed by atoms with E-state index in [0.29, 0.717) is 24.5 Å². The van der Waals surface area contributed by atoms with Crippen LogP contribution >= 0.6 is 11.6 Å². The molecule has 9 heteroatoms. The monoisotopic (exact) mass is 435 g/mol. The zero-order valence-electron chi connectivity index (χ0n) is 16.8. The molecule has 1 N–H and O–H groups in total. The molecule has 2 aromatic rings. The summed E-state index contributed by atoms with van der Waals surface area (Å²) in [6, 6.07) is 5.32. The van der Waals surface area contributed by atoms with Crippen molar-refractivity contribution in [3.05, 3.63) is 52.4 Å². The third-order valence-electron chi connectivity index (χ3n) is 4.83. The van der Waals surface area contributed by atoms with Gasteiger partial charge in [-0.2, -0.15) is 0 Å². The van der Waals surface area contributed by atoms with E-state index in [9.17, 15) is 14.7 Å². The molecule has 30 heavy (non-hydrogen) atoms. The molecule has 1 amide bonds. The van der Waals surface area contributed by atoms with Gasteiger partial charge in [0.25, 0.3) is 11.7 Å². The molecule has 8 nitrogen and oxygen atoms in total. The van der Waals surface area contributed by atoms with Crippen molar-refractivity contribution in [1.82, 2.24) is 4.90 Å². The van der Waals surface area contributed by atoms with Crippen molar-refractivity contribution in [1.29, 1.82) is 0 Å². The van der Waals surface area contributed by atoms with Gasteiger partial charge in [-0.3, -0.25) is 9.59 Å². The van der Waals surface area contributed by atoms with Gasteiger partial charge in [0, 0.05) is 26.3 Å². The molecule has 0 saturated carbocycles. The number of nitrogens with zero attached hydrogens (tertiary/aromatic N) is 1. The van der Waals surface area contributed by atoms with Crippen molar-refractivity contribution < 1.29 is 33.3 Å². The number of carbonyl (C=O) groups excluding carboxylic acids is 2. The first-order valence-corrected chi connectivity index (χ1v) is 9.55. The number of furan rings is 1. The van der Waals surface area contributed by atoms with E-state index in [0.717, 1.165) is 0 Å². The van der Waals surface area contributed by atoms with Crippen LogP contribution in [-0.2, 0) is 14.3 Å². The minimum Gasteiger partial charge on any atom is -0.507 e. The molecule has 160 valence electrons. The molecule has 1 saturated heterocycles. The second kappa shape index (κ2) is 9.23. The molecule has 1 aromatic carbocycles. The number of Topliss-reactive ketones (excluding diaryl/α,β-unsaturated/α-hetero) is 1. The number of hydrogen-bond acceptors (Lipinski definition) is 7. The number of aliphatic hydroxyl groups excluding tert-OH is 1. The molecule has 1 aliphatic heterocycles. The maximum absolute atomic E-state index is 12.9. The molecule has 3 rings (SSSR count). The molecular weight excluding hydrogens is 414 g/mol. The van der Waals surface area contributed by atoms with Gasteiger partial charge in [-0.25, -0.2) is 0 Å². The number of methoxy groups -OCH3 is 3. The second-order valence-corrected chi connectivity index (χ2v) is 6.95. The summed E-state index contributed by atoms with van der Waals surface area (Å²) in [6.07, 6.45) is 1.95. The second-order valence-electron chi connectivity index (χ2n) is 6.54. The molecule has 0 radical (unpaired) electrons. The molecule has 1 aliphatic rings. The standard InChI is InChI=1S/C21H22ClNO7/c1-27-8-5-7-23-18(14-6-4-9-30-14)17(20(25)21(23)26)19(24)12-10-13(22)16(29-3)11-15(12)28-2/h4,6,9-11,18,24H,5,7-8H2,1-3H3/b19-17-. The van der Waals surface area contributed by atoms with Gasteiger partial charge in [-0.05, 0) is 24.6 Å². The Kier molecular flexibility index (Phi) is 6.69. The van der Waals surface area contributed by atoms with Gasteiger partial charge >= 0.3 is 0 Å². The number of ether oxygens (including phenoxy) is 3. The fourth-order valence-electron chi connectivity index (χ4n) is 3.42. The number of ketones is 1. The van der Waals surface area contributed by atoms with Crippen LogP contribution in [0.5, 0.6) is 11.5 Å². The van der Waals surface area contributed by atoms with E-state index in [1.807, 2.05) is 0 Å². The fourth-order valence-corrected chi connectivity index (χ4v) is 3.66. The summed E-state index contributed by atoms with van der Waals surface area (Å²) in [4.78, 5) is 27.0. The third kappa shape index (κ3) is 3.88. The quantitative estimate of drug-likeness (QED) is 0.293. The minimum atomic E-state index is -0.887. The summed E-state index contributed by atoms with van der Waals surface area (Å²) in [7, 11) is 4.41. The van der Waals surface area contributed by atoms with Crippen LogP contribution < -0.4 is 9.47 Å². The largest absolute Gasteiger partial charge is 0.507 e. The van der Waals surface area contributed by atoms with Crippen LogP contribution in [0.1, 0.15) is 23.8 Å². The van der Waals surface area contributed by atoms with E-state index >= 15 is 0 Å². The van der Waals surface area contributed by atoms with Crippen LogP contribution in [0.4, 0.5) is 0 Å². The zero-order chi connectivity index (χ0) is 21.8. The summed E-state index contributed by atoms with van der Waals surface area (Å²) in [5.74, 6) is -1.03. The van der Waals surface area contributed by atoms with Crippen LogP contribution in [0.25, 0.3) is 5.76 Å².